The predicted molar refractivity (Wildman–Crippen MR) is 213 cm³/mol. The lowest BCUT2D eigenvalue weighted by molar-refractivity contribution is -0.146. The number of alkyl carbamates (subject to hydrolysis) is 1. The summed E-state index contributed by atoms with van der Waals surface area (Å²) in [6, 6.07) is 5.11. The SMILES string of the molecule is CC[C@@H]1C[C@]1(NC(=O)[C@@H]1C[C@@H](Oc2cc(-c3csc(NC(C)C)n3)nc3cc(OCCO)ccc23)CN1C(=O)C(NC(=O)O[C@@H]1C[C@@H]2C[C@@H]2C1)C(C)(C)C)C(=O)O. The van der Waals surface area contributed by atoms with Crippen molar-refractivity contribution in [3.63, 3.8) is 0 Å². The Balaban J connectivity index is 1.19. The summed E-state index contributed by atoms with van der Waals surface area (Å²) in [6.45, 7) is 11.4. The number of carbonyl (C=O) groups excluding carboxylic acids is 3. The van der Waals surface area contributed by atoms with Gasteiger partial charge in [-0.25, -0.2) is 19.6 Å². The summed E-state index contributed by atoms with van der Waals surface area (Å²) in [5, 5.41) is 31.7. The molecule has 4 fully saturated rings. The van der Waals surface area contributed by atoms with Crippen LogP contribution >= 0.6 is 11.3 Å². The Labute approximate surface area is 336 Å². The van der Waals surface area contributed by atoms with Crippen molar-refractivity contribution < 1.29 is 43.6 Å². The van der Waals surface area contributed by atoms with Crippen LogP contribution in [0, 0.1) is 23.2 Å². The maximum Gasteiger partial charge on any atom is 0.408 e. The number of rotatable bonds is 15. The van der Waals surface area contributed by atoms with Gasteiger partial charge in [-0.3, -0.25) is 9.59 Å². The number of aliphatic hydroxyl groups is 1. The molecular weight excluding hydrogens is 753 g/mol. The number of benzene rings is 1. The normalized spacial score (nSPS) is 26.8. The first-order valence-corrected chi connectivity index (χ1v) is 20.9. The fourth-order valence-electron chi connectivity index (χ4n) is 8.38. The van der Waals surface area contributed by atoms with E-state index in [-0.39, 0.29) is 44.2 Å². The van der Waals surface area contributed by atoms with Crippen LogP contribution in [0.3, 0.4) is 0 Å². The molecule has 8 atom stereocenters. The van der Waals surface area contributed by atoms with Crippen LogP contribution < -0.4 is 25.4 Å². The van der Waals surface area contributed by atoms with Gasteiger partial charge < -0.3 is 45.3 Å². The van der Waals surface area contributed by atoms with Gasteiger partial charge in [-0.05, 0) is 74.8 Å². The molecule has 1 saturated heterocycles. The van der Waals surface area contributed by atoms with Crippen LogP contribution in [0.15, 0.2) is 29.6 Å². The Bertz CT molecular complexity index is 2010. The third-order valence-electron chi connectivity index (χ3n) is 11.6. The highest BCUT2D eigenvalue weighted by molar-refractivity contribution is 7.14. The number of nitrogens with one attached hydrogen (secondary N) is 3. The fraction of sp³-hybridized carbons (Fsp3) is 0.610. The lowest BCUT2D eigenvalue weighted by Gasteiger charge is -2.35. The Kier molecular flexibility index (Phi) is 11.3. The Morgan fingerprint density at radius 3 is 2.44 bits per heavy atom. The predicted octanol–water partition coefficient (Wildman–Crippen LogP) is 5.21. The van der Waals surface area contributed by atoms with Gasteiger partial charge in [0.15, 0.2) is 5.13 Å². The third kappa shape index (κ3) is 8.76. The average molecular weight is 807 g/mol. The van der Waals surface area contributed by atoms with Crippen LogP contribution in [0.1, 0.15) is 80.1 Å². The fourth-order valence-corrected chi connectivity index (χ4v) is 9.24. The molecule has 1 aliphatic heterocycles. The van der Waals surface area contributed by atoms with E-state index in [9.17, 15) is 29.4 Å². The minimum absolute atomic E-state index is 0.0144. The molecule has 16 heteroatoms. The largest absolute Gasteiger partial charge is 0.491 e. The van der Waals surface area contributed by atoms with Crippen molar-refractivity contribution in [3.8, 4) is 22.9 Å². The first-order valence-electron chi connectivity index (χ1n) is 20.0. The number of aliphatic carboxylic acids is 1. The molecule has 5 N–H and O–H groups in total. The Hall–Kier alpha value is -4.70. The first-order chi connectivity index (χ1) is 27.1. The zero-order valence-corrected chi connectivity index (χ0v) is 34.2. The number of likely N-dealkylation sites (tertiary alicyclic amines) is 1. The number of aromatic nitrogens is 2. The molecule has 2 aromatic heterocycles. The molecule has 3 heterocycles. The van der Waals surface area contributed by atoms with E-state index in [0.717, 1.165) is 18.0 Å². The number of aliphatic hydroxyl groups excluding tert-OH is 1. The van der Waals surface area contributed by atoms with Crippen LogP contribution in [0.4, 0.5) is 9.93 Å². The molecule has 3 amide bonds. The second-order valence-electron chi connectivity index (χ2n) is 17.3. The van der Waals surface area contributed by atoms with E-state index in [2.05, 4.69) is 16.0 Å². The molecule has 0 spiro atoms. The summed E-state index contributed by atoms with van der Waals surface area (Å²) in [6.07, 6.45) is 2.18. The zero-order valence-electron chi connectivity index (χ0n) is 33.4. The maximum absolute atomic E-state index is 14.7. The van der Waals surface area contributed by atoms with E-state index in [1.807, 2.05) is 46.9 Å². The molecular formula is C41H54N6O9S. The number of ether oxygens (including phenoxy) is 3. The smallest absolute Gasteiger partial charge is 0.408 e. The van der Waals surface area contributed by atoms with Gasteiger partial charge in [0.25, 0.3) is 0 Å². The average Bonchev–Trinajstić information content (AvgIpc) is 3.82. The number of amides is 3. The monoisotopic (exact) mass is 806 g/mol. The van der Waals surface area contributed by atoms with E-state index in [4.69, 9.17) is 24.2 Å². The number of thiazole rings is 1. The molecule has 7 rings (SSSR count). The number of nitrogens with zero attached hydrogens (tertiary/aromatic N) is 3. The summed E-state index contributed by atoms with van der Waals surface area (Å²) in [4.78, 5) is 65.6. The highest BCUT2D eigenvalue weighted by atomic mass is 32.1. The lowest BCUT2D eigenvalue weighted by atomic mass is 9.85. The van der Waals surface area contributed by atoms with E-state index in [1.54, 1.807) is 24.3 Å². The molecule has 0 radical (unpaired) electrons. The number of carbonyl (C=O) groups is 4. The molecule has 0 bridgehead atoms. The summed E-state index contributed by atoms with van der Waals surface area (Å²) in [5.41, 5.74) is -0.490. The standard InChI is InChI=1S/C41H54N6O9S/c1-7-24-18-41(24,37(51)52)46-35(49)32-16-27(19-47(32)36(50)34(40(4,5)6)45-39(53)56-26-13-22-12-23(22)14-26)55-33-17-30(31-20-57-38(44-31)42-21(2)3)43-29-15-25(54-11-10-48)8-9-28(29)33/h8-9,15,17,20-24,26-27,32,34,48H,7,10-14,16,18-19H2,1-6H3,(H,42,44)(H,45,53)(H,46,49)(H,51,52)/t22-,23+,24-,26+,27-,32+,34?,41-/m1/s1. The van der Waals surface area contributed by atoms with Gasteiger partial charge >= 0.3 is 12.1 Å². The van der Waals surface area contributed by atoms with Crippen molar-refractivity contribution in [3.05, 3.63) is 29.6 Å². The van der Waals surface area contributed by atoms with Crippen molar-refractivity contribution in [1.29, 1.82) is 0 Å². The van der Waals surface area contributed by atoms with Crippen LogP contribution in [-0.4, -0.2) is 105 Å². The van der Waals surface area contributed by atoms with Crippen LogP contribution in [-0.2, 0) is 19.1 Å². The first kappa shape index (κ1) is 40.5. The summed E-state index contributed by atoms with van der Waals surface area (Å²) in [7, 11) is 0. The zero-order chi connectivity index (χ0) is 40.8. The highest BCUT2D eigenvalue weighted by Crippen LogP contribution is 2.52. The number of carboxylic acid groups (broad SMARTS) is 1. The maximum atomic E-state index is 14.7. The number of anilines is 1. The van der Waals surface area contributed by atoms with Gasteiger partial charge in [0.1, 0.15) is 53.6 Å². The van der Waals surface area contributed by atoms with Crippen molar-refractivity contribution >= 4 is 51.2 Å². The molecule has 15 nitrogen and oxygen atoms in total. The number of fused-ring (bicyclic) bond motifs is 2. The highest BCUT2D eigenvalue weighted by Gasteiger charge is 2.61. The van der Waals surface area contributed by atoms with E-state index < -0.39 is 53.0 Å². The summed E-state index contributed by atoms with van der Waals surface area (Å²) in [5.74, 6) is -0.277. The van der Waals surface area contributed by atoms with Gasteiger partial charge in [0.2, 0.25) is 11.8 Å². The molecule has 3 aliphatic carbocycles. The van der Waals surface area contributed by atoms with Crippen LogP contribution in [0.25, 0.3) is 22.3 Å². The summed E-state index contributed by atoms with van der Waals surface area (Å²) < 4.78 is 18.2. The molecule has 57 heavy (non-hydrogen) atoms. The van der Waals surface area contributed by atoms with E-state index in [1.165, 1.54) is 22.7 Å². The van der Waals surface area contributed by atoms with Crippen molar-refractivity contribution in [1.82, 2.24) is 25.5 Å². The number of hydrogen-bond donors (Lipinski definition) is 5. The van der Waals surface area contributed by atoms with E-state index in [0.29, 0.717) is 58.5 Å². The third-order valence-corrected chi connectivity index (χ3v) is 12.4. The lowest BCUT2D eigenvalue weighted by Crippen LogP contribution is -2.59. The van der Waals surface area contributed by atoms with Crippen molar-refractivity contribution in [2.45, 2.75) is 116 Å². The molecule has 308 valence electrons. The van der Waals surface area contributed by atoms with Crippen LogP contribution in [0.5, 0.6) is 11.5 Å². The van der Waals surface area contributed by atoms with Gasteiger partial charge in [-0.2, -0.15) is 0 Å². The quantitative estimate of drug-likeness (QED) is 0.135. The molecule has 3 aromatic rings. The van der Waals surface area contributed by atoms with E-state index >= 15 is 0 Å². The molecule has 3 saturated carbocycles. The van der Waals surface area contributed by atoms with Crippen molar-refractivity contribution in [2.24, 2.45) is 23.2 Å². The van der Waals surface area contributed by atoms with Gasteiger partial charge in [-0.1, -0.05) is 34.1 Å². The number of pyridine rings is 1. The second kappa shape index (κ2) is 15.9. The molecule has 1 aromatic carbocycles. The van der Waals surface area contributed by atoms with Gasteiger partial charge in [-0.15, -0.1) is 11.3 Å². The van der Waals surface area contributed by atoms with Crippen LogP contribution in [0.2, 0.25) is 0 Å². The molecule has 4 aliphatic rings. The minimum Gasteiger partial charge on any atom is -0.491 e. The van der Waals surface area contributed by atoms with Gasteiger partial charge in [0, 0.05) is 35.4 Å². The Morgan fingerprint density at radius 2 is 1.79 bits per heavy atom. The second-order valence-corrected chi connectivity index (χ2v) is 18.2. The Morgan fingerprint density at radius 1 is 1.04 bits per heavy atom. The van der Waals surface area contributed by atoms with Crippen molar-refractivity contribution in [2.75, 3.05) is 25.1 Å². The summed E-state index contributed by atoms with van der Waals surface area (Å²) >= 11 is 1.45. The topological polar surface area (TPSA) is 202 Å². The minimum atomic E-state index is -1.41. The number of carboxylic acids is 1. The van der Waals surface area contributed by atoms with Gasteiger partial charge in [0.05, 0.1) is 24.4 Å². The molecule has 1 unspecified atom stereocenters. The number of hydrogen-bond acceptors (Lipinski definition) is 12.